The molecule has 0 bridgehead atoms. The van der Waals surface area contributed by atoms with Crippen molar-refractivity contribution >= 4 is 42.8 Å². The van der Waals surface area contributed by atoms with E-state index in [-0.39, 0.29) is 12.1 Å². The maximum Gasteiger partial charge on any atom is 0.164 e. The number of nitrogens with one attached hydrogen (secondary N) is 2. The molecule has 2 N–H and O–H groups in total. The molecular weight excluding hydrogens is 274 g/mol. The number of halogens is 1. The number of pyridine rings is 2. The van der Waals surface area contributed by atoms with Gasteiger partial charge in [-0.25, -0.2) is 4.39 Å². The summed E-state index contributed by atoms with van der Waals surface area (Å²) < 4.78 is 13.6. The quantitative estimate of drug-likeness (QED) is 0.759. The number of nitrogens with zero attached hydrogens (tertiary/aromatic N) is 2. The van der Waals surface area contributed by atoms with E-state index in [4.69, 9.17) is 31.4 Å². The van der Waals surface area contributed by atoms with Gasteiger partial charge >= 0.3 is 0 Å². The Morgan fingerprint density at radius 2 is 2.00 bits per heavy atom. The van der Waals surface area contributed by atoms with Crippen LogP contribution in [0.15, 0.2) is 30.7 Å². The average molecular weight is 283 g/mol. The molecule has 0 saturated carbocycles. The van der Waals surface area contributed by atoms with Crippen molar-refractivity contribution in [2.75, 3.05) is 5.32 Å². The Hall–Kier alpha value is -1.75. The molecule has 3 rings (SSSR count). The van der Waals surface area contributed by atoms with E-state index in [1.165, 1.54) is 18.5 Å². The Kier molecular flexibility index (Phi) is 3.55. The van der Waals surface area contributed by atoms with E-state index < -0.39 is 16.5 Å². The minimum Gasteiger partial charge on any atom is -0.352 e. The van der Waals surface area contributed by atoms with Crippen molar-refractivity contribution in [1.29, 1.82) is 0 Å². The summed E-state index contributed by atoms with van der Waals surface area (Å²) in [5.74, 6) is -0.479. The molecule has 8 radical (unpaired) electrons. The van der Waals surface area contributed by atoms with Gasteiger partial charge in [-0.15, -0.1) is 0 Å². The molecule has 0 unspecified atom stereocenters. The van der Waals surface area contributed by atoms with Gasteiger partial charge in [-0.3, -0.25) is 9.97 Å². The van der Waals surface area contributed by atoms with E-state index in [2.05, 4.69) is 20.6 Å². The lowest BCUT2D eigenvalue weighted by atomic mass is 9.48. The van der Waals surface area contributed by atoms with Crippen molar-refractivity contribution < 1.29 is 4.39 Å². The van der Waals surface area contributed by atoms with Crippen LogP contribution in [0, 0.1) is 5.82 Å². The van der Waals surface area contributed by atoms with Gasteiger partial charge in [0.2, 0.25) is 0 Å². The maximum atomic E-state index is 13.6. The fraction of sp³-hybridized carbons (Fsp3) is 0.231. The third kappa shape index (κ3) is 2.90. The second-order valence-corrected chi connectivity index (χ2v) is 5.41. The Morgan fingerprint density at radius 3 is 2.73 bits per heavy atom. The minimum absolute atomic E-state index is 0.266. The third-order valence-corrected chi connectivity index (χ3v) is 3.37. The molecule has 0 atom stereocenters. The van der Waals surface area contributed by atoms with E-state index in [0.717, 1.165) is 6.20 Å². The monoisotopic (exact) mass is 284 g/mol. The molecule has 0 saturated heterocycles. The zero-order valence-electron chi connectivity index (χ0n) is 11.7. The van der Waals surface area contributed by atoms with Gasteiger partial charge in [-0.2, -0.15) is 0 Å². The molecule has 0 amide bonds. The summed E-state index contributed by atoms with van der Waals surface area (Å²) in [5, 5.41) is 2.98. The van der Waals surface area contributed by atoms with Crippen LogP contribution in [0.4, 0.5) is 15.8 Å². The Bertz CT molecular complexity index is 723. The second-order valence-electron chi connectivity index (χ2n) is 5.41. The lowest BCUT2D eigenvalue weighted by Crippen LogP contribution is -2.63. The summed E-state index contributed by atoms with van der Waals surface area (Å²) in [5.41, 5.74) is 1.94. The fourth-order valence-corrected chi connectivity index (χ4v) is 2.47. The molecule has 2 aromatic heterocycles. The van der Waals surface area contributed by atoms with Crippen LogP contribution in [-0.4, -0.2) is 46.7 Å². The summed E-state index contributed by atoms with van der Waals surface area (Å²) in [4.78, 5) is 7.96. The smallest absolute Gasteiger partial charge is 0.164 e. The molecule has 4 nitrogen and oxygen atoms in total. The highest BCUT2D eigenvalue weighted by atomic mass is 19.1. The first-order valence-corrected chi connectivity index (χ1v) is 6.58. The number of aromatic nitrogens is 2. The molecule has 100 valence electrons. The summed E-state index contributed by atoms with van der Waals surface area (Å²) in [6.45, 7) is 0. The lowest BCUT2D eigenvalue weighted by molar-refractivity contribution is 0.486. The summed E-state index contributed by atoms with van der Waals surface area (Å²) in [7, 11) is 23.7. The standard InChI is InChI=1S/C13H9B4FN4/c14-12(15)4-11-8(13(16,17)22-12)3-7(5-20-11)21-10-1-2-19-6-9(10)18/h1-3,5-6,22H,4H2,(H,19,21). The Morgan fingerprint density at radius 1 is 1.23 bits per heavy atom. The molecule has 22 heavy (non-hydrogen) atoms. The SMILES string of the molecule is [B]C1([B])Cc2ncc(Nc3ccncc3F)cc2C([B])([B])N1. The predicted octanol–water partition coefficient (Wildman–Crippen LogP) is -0.0569. The summed E-state index contributed by atoms with van der Waals surface area (Å²) in [6, 6.07) is 3.19. The predicted molar refractivity (Wildman–Crippen MR) is 86.0 cm³/mol. The first kappa shape index (κ1) is 15.2. The molecule has 9 heteroatoms. The lowest BCUT2D eigenvalue weighted by Gasteiger charge is -2.45. The number of rotatable bonds is 2. The van der Waals surface area contributed by atoms with Crippen LogP contribution in [-0.2, 0) is 11.8 Å². The number of hydrogen-bond acceptors (Lipinski definition) is 4. The van der Waals surface area contributed by atoms with Gasteiger partial charge in [0, 0.05) is 11.9 Å². The van der Waals surface area contributed by atoms with Crippen LogP contribution < -0.4 is 10.6 Å². The minimum atomic E-state index is -1.43. The van der Waals surface area contributed by atoms with Crippen molar-refractivity contribution in [1.82, 2.24) is 15.3 Å². The van der Waals surface area contributed by atoms with E-state index >= 15 is 0 Å². The third-order valence-electron chi connectivity index (χ3n) is 3.37. The maximum absolute atomic E-state index is 13.6. The van der Waals surface area contributed by atoms with Crippen molar-refractivity contribution in [3.8, 4) is 0 Å². The van der Waals surface area contributed by atoms with Crippen molar-refractivity contribution in [3.05, 3.63) is 47.8 Å². The van der Waals surface area contributed by atoms with E-state index in [1.54, 1.807) is 6.07 Å². The van der Waals surface area contributed by atoms with Crippen LogP contribution in [0.2, 0.25) is 0 Å². The Balaban J connectivity index is 1.96. The Labute approximate surface area is 133 Å². The van der Waals surface area contributed by atoms with Crippen LogP contribution in [0.3, 0.4) is 0 Å². The summed E-state index contributed by atoms with van der Waals surface area (Å²) >= 11 is 0. The first-order chi connectivity index (χ1) is 10.3. The van der Waals surface area contributed by atoms with E-state index in [0.29, 0.717) is 16.9 Å². The van der Waals surface area contributed by atoms with Crippen LogP contribution >= 0.6 is 0 Å². The summed E-state index contributed by atoms with van der Waals surface area (Å²) in [6.07, 6.45) is 4.40. The molecule has 0 spiro atoms. The first-order valence-electron chi connectivity index (χ1n) is 6.58. The van der Waals surface area contributed by atoms with Crippen molar-refractivity contribution in [2.45, 2.75) is 17.1 Å². The molecule has 2 aromatic rings. The highest BCUT2D eigenvalue weighted by Gasteiger charge is 2.35. The van der Waals surface area contributed by atoms with Gasteiger partial charge in [0.05, 0.1) is 55.2 Å². The van der Waals surface area contributed by atoms with Crippen LogP contribution in [0.25, 0.3) is 0 Å². The van der Waals surface area contributed by atoms with Gasteiger partial charge in [-0.05, 0) is 29.5 Å². The van der Waals surface area contributed by atoms with Gasteiger partial charge < -0.3 is 10.6 Å². The molecule has 1 aliphatic heterocycles. The van der Waals surface area contributed by atoms with Crippen molar-refractivity contribution in [3.63, 3.8) is 0 Å². The van der Waals surface area contributed by atoms with E-state index in [9.17, 15) is 4.39 Å². The number of anilines is 2. The molecule has 0 aromatic carbocycles. The number of hydrogen-bond donors (Lipinski definition) is 2. The van der Waals surface area contributed by atoms with Gasteiger partial charge in [-0.1, -0.05) is 5.34 Å². The van der Waals surface area contributed by atoms with Gasteiger partial charge in [0.25, 0.3) is 0 Å². The highest BCUT2D eigenvalue weighted by molar-refractivity contribution is 6.44. The molecule has 3 heterocycles. The highest BCUT2D eigenvalue weighted by Crippen LogP contribution is 2.30. The normalized spacial score (nSPS) is 18.4. The average Bonchev–Trinajstić information content (AvgIpc) is 2.40. The molecule has 0 fully saturated rings. The molecular formula is C13H9B4FN4. The van der Waals surface area contributed by atoms with E-state index in [1.807, 2.05) is 0 Å². The number of fused-ring (bicyclic) bond motifs is 1. The topological polar surface area (TPSA) is 49.8 Å². The molecule has 0 aliphatic carbocycles. The molecule has 1 aliphatic rings. The zero-order valence-corrected chi connectivity index (χ0v) is 11.7. The van der Waals surface area contributed by atoms with Crippen molar-refractivity contribution in [2.24, 2.45) is 0 Å². The largest absolute Gasteiger partial charge is 0.352 e. The second kappa shape index (κ2) is 5.16. The van der Waals surface area contributed by atoms with Gasteiger partial charge in [0.15, 0.2) is 5.82 Å². The zero-order chi connectivity index (χ0) is 16.0. The fourth-order valence-electron chi connectivity index (χ4n) is 2.47. The van der Waals surface area contributed by atoms with Gasteiger partial charge in [0.1, 0.15) is 0 Å². The van der Waals surface area contributed by atoms with Crippen LogP contribution in [0.5, 0.6) is 0 Å². The van der Waals surface area contributed by atoms with Crippen LogP contribution in [0.1, 0.15) is 11.3 Å².